The fourth-order valence-electron chi connectivity index (χ4n) is 2.14. The van der Waals surface area contributed by atoms with Gasteiger partial charge in [0.25, 0.3) is 5.91 Å². The van der Waals surface area contributed by atoms with Gasteiger partial charge in [-0.2, -0.15) is 5.10 Å². The van der Waals surface area contributed by atoms with Gasteiger partial charge in [-0.3, -0.25) is 4.79 Å². The van der Waals surface area contributed by atoms with Crippen LogP contribution in [0.4, 0.5) is 0 Å². The van der Waals surface area contributed by atoms with Crippen LogP contribution in [0.5, 0.6) is 11.5 Å². The lowest BCUT2D eigenvalue weighted by atomic mass is 10.1. The number of amides is 1. The lowest BCUT2D eigenvalue weighted by Gasteiger charge is -2.10. The molecule has 0 fully saturated rings. The minimum atomic E-state index is -0.250. The van der Waals surface area contributed by atoms with Gasteiger partial charge in [-0.15, -0.1) is 0 Å². The molecule has 0 aliphatic rings. The first-order valence-electron chi connectivity index (χ1n) is 7.19. The third-order valence-corrected chi connectivity index (χ3v) is 3.40. The first-order chi connectivity index (χ1) is 11.0. The highest BCUT2D eigenvalue weighted by molar-refractivity contribution is 6.02. The summed E-state index contributed by atoms with van der Waals surface area (Å²) in [5.41, 5.74) is 5.60. The van der Waals surface area contributed by atoms with Crippen molar-refractivity contribution in [1.29, 1.82) is 0 Å². The molecule has 2 aromatic carbocycles. The first-order valence-corrected chi connectivity index (χ1v) is 7.19. The molecule has 0 unspecified atom stereocenters. The summed E-state index contributed by atoms with van der Waals surface area (Å²) in [6, 6.07) is 12.8. The molecule has 0 atom stereocenters. The van der Waals surface area contributed by atoms with E-state index in [1.165, 1.54) is 0 Å². The monoisotopic (exact) mass is 312 g/mol. The SMILES string of the molecule is COc1ccc(/C(C)=N/NC(=O)c2cccc(C)c2)c(OC)c1. The van der Waals surface area contributed by atoms with Crippen molar-refractivity contribution in [1.82, 2.24) is 5.43 Å². The van der Waals surface area contributed by atoms with Gasteiger partial charge in [-0.05, 0) is 38.1 Å². The molecule has 23 heavy (non-hydrogen) atoms. The molecule has 120 valence electrons. The normalized spacial score (nSPS) is 11.0. The van der Waals surface area contributed by atoms with Crippen molar-refractivity contribution in [3.63, 3.8) is 0 Å². The van der Waals surface area contributed by atoms with Crippen LogP contribution < -0.4 is 14.9 Å². The van der Waals surface area contributed by atoms with Crippen molar-refractivity contribution < 1.29 is 14.3 Å². The van der Waals surface area contributed by atoms with Crippen molar-refractivity contribution in [3.8, 4) is 11.5 Å². The predicted molar refractivity (Wildman–Crippen MR) is 90.4 cm³/mol. The lowest BCUT2D eigenvalue weighted by Crippen LogP contribution is -2.19. The lowest BCUT2D eigenvalue weighted by molar-refractivity contribution is 0.0954. The number of nitrogens with one attached hydrogen (secondary N) is 1. The molecule has 0 heterocycles. The van der Waals surface area contributed by atoms with Gasteiger partial charge in [0.15, 0.2) is 0 Å². The summed E-state index contributed by atoms with van der Waals surface area (Å²) in [4.78, 5) is 12.1. The number of rotatable bonds is 5. The predicted octanol–water partition coefficient (Wildman–Crippen LogP) is 3.17. The van der Waals surface area contributed by atoms with Crippen LogP contribution in [0.25, 0.3) is 0 Å². The fourth-order valence-corrected chi connectivity index (χ4v) is 2.14. The van der Waals surface area contributed by atoms with Crippen molar-refractivity contribution in [3.05, 3.63) is 59.2 Å². The van der Waals surface area contributed by atoms with Crippen molar-refractivity contribution in [2.45, 2.75) is 13.8 Å². The van der Waals surface area contributed by atoms with Crippen LogP contribution in [0.3, 0.4) is 0 Å². The maximum atomic E-state index is 12.1. The van der Waals surface area contributed by atoms with E-state index < -0.39 is 0 Å². The van der Waals surface area contributed by atoms with E-state index in [1.807, 2.05) is 37.3 Å². The number of hydrogen-bond acceptors (Lipinski definition) is 4. The molecule has 5 heteroatoms. The van der Waals surface area contributed by atoms with Crippen LogP contribution in [0.15, 0.2) is 47.6 Å². The van der Waals surface area contributed by atoms with Crippen molar-refractivity contribution >= 4 is 11.6 Å². The Balaban J connectivity index is 2.18. The Morgan fingerprint density at radius 2 is 1.87 bits per heavy atom. The number of methoxy groups -OCH3 is 2. The largest absolute Gasteiger partial charge is 0.497 e. The summed E-state index contributed by atoms with van der Waals surface area (Å²) in [6.07, 6.45) is 0. The number of benzene rings is 2. The Kier molecular flexibility index (Phi) is 5.36. The third-order valence-electron chi connectivity index (χ3n) is 3.40. The Morgan fingerprint density at radius 1 is 1.09 bits per heavy atom. The number of carbonyl (C=O) groups excluding carboxylic acids is 1. The zero-order valence-corrected chi connectivity index (χ0v) is 13.7. The molecule has 0 radical (unpaired) electrons. The zero-order chi connectivity index (χ0) is 16.8. The summed E-state index contributed by atoms with van der Waals surface area (Å²) in [5, 5.41) is 4.16. The van der Waals surface area contributed by atoms with E-state index in [0.717, 1.165) is 11.1 Å². The molecule has 2 aromatic rings. The standard InChI is InChI=1S/C18H20N2O3/c1-12-6-5-7-14(10-12)18(21)20-19-13(2)16-9-8-15(22-3)11-17(16)23-4/h5-11H,1-4H3,(H,20,21)/b19-13+. The fraction of sp³-hybridized carbons (Fsp3) is 0.222. The van der Waals surface area contributed by atoms with E-state index in [4.69, 9.17) is 9.47 Å². The van der Waals surface area contributed by atoms with Gasteiger partial charge in [0.2, 0.25) is 0 Å². The molecular formula is C18H20N2O3. The van der Waals surface area contributed by atoms with Gasteiger partial charge in [0, 0.05) is 17.2 Å². The first kappa shape index (κ1) is 16.5. The second kappa shape index (κ2) is 7.45. The van der Waals surface area contributed by atoms with Gasteiger partial charge < -0.3 is 9.47 Å². The third kappa shape index (κ3) is 4.10. The Morgan fingerprint density at radius 3 is 2.52 bits per heavy atom. The molecule has 1 N–H and O–H groups in total. The molecule has 0 bridgehead atoms. The maximum Gasteiger partial charge on any atom is 0.271 e. The van der Waals surface area contributed by atoms with Gasteiger partial charge in [0.1, 0.15) is 11.5 Å². The minimum absolute atomic E-state index is 0.250. The van der Waals surface area contributed by atoms with E-state index in [2.05, 4.69) is 10.5 Å². The number of aryl methyl sites for hydroxylation is 1. The van der Waals surface area contributed by atoms with Crippen LogP contribution in [0.1, 0.15) is 28.4 Å². The summed E-state index contributed by atoms with van der Waals surface area (Å²) in [7, 11) is 3.17. The number of carbonyl (C=O) groups is 1. The maximum absolute atomic E-state index is 12.1. The summed E-state index contributed by atoms with van der Waals surface area (Å²) in [5.74, 6) is 1.08. The van der Waals surface area contributed by atoms with Gasteiger partial charge in [0.05, 0.1) is 19.9 Å². The second-order valence-corrected chi connectivity index (χ2v) is 5.07. The van der Waals surface area contributed by atoms with Gasteiger partial charge in [-0.1, -0.05) is 17.7 Å². The molecular weight excluding hydrogens is 292 g/mol. The number of hydrogen-bond donors (Lipinski definition) is 1. The highest BCUT2D eigenvalue weighted by atomic mass is 16.5. The molecule has 5 nitrogen and oxygen atoms in total. The van der Waals surface area contributed by atoms with Crippen LogP contribution in [-0.2, 0) is 0 Å². The number of ether oxygens (including phenoxy) is 2. The summed E-state index contributed by atoms with van der Waals surface area (Å²) in [6.45, 7) is 3.74. The molecule has 0 aliphatic carbocycles. The molecule has 0 aromatic heterocycles. The van der Waals surface area contributed by atoms with Crippen LogP contribution in [0, 0.1) is 6.92 Å². The molecule has 0 saturated carbocycles. The van der Waals surface area contributed by atoms with Gasteiger partial charge in [-0.25, -0.2) is 5.43 Å². The second-order valence-electron chi connectivity index (χ2n) is 5.07. The van der Waals surface area contributed by atoms with E-state index >= 15 is 0 Å². The Bertz CT molecular complexity index is 739. The Hall–Kier alpha value is -2.82. The van der Waals surface area contributed by atoms with E-state index in [9.17, 15) is 4.79 Å². The number of nitrogens with zero attached hydrogens (tertiary/aromatic N) is 1. The highest BCUT2D eigenvalue weighted by Gasteiger charge is 2.09. The molecule has 0 saturated heterocycles. The average Bonchev–Trinajstić information content (AvgIpc) is 2.58. The number of hydrazone groups is 1. The zero-order valence-electron chi connectivity index (χ0n) is 13.7. The van der Waals surface area contributed by atoms with E-state index in [0.29, 0.717) is 22.8 Å². The summed E-state index contributed by atoms with van der Waals surface area (Å²) >= 11 is 0. The Labute approximate surface area is 135 Å². The molecule has 1 amide bonds. The van der Waals surface area contributed by atoms with Crippen LogP contribution in [0.2, 0.25) is 0 Å². The van der Waals surface area contributed by atoms with E-state index in [1.54, 1.807) is 33.3 Å². The molecule has 0 spiro atoms. The quantitative estimate of drug-likeness (QED) is 0.681. The van der Waals surface area contributed by atoms with E-state index in [-0.39, 0.29) is 5.91 Å². The van der Waals surface area contributed by atoms with Crippen molar-refractivity contribution in [2.75, 3.05) is 14.2 Å². The molecule has 2 rings (SSSR count). The average molecular weight is 312 g/mol. The van der Waals surface area contributed by atoms with Crippen LogP contribution in [-0.4, -0.2) is 25.8 Å². The van der Waals surface area contributed by atoms with Gasteiger partial charge >= 0.3 is 0 Å². The highest BCUT2D eigenvalue weighted by Crippen LogP contribution is 2.25. The summed E-state index contributed by atoms with van der Waals surface area (Å²) < 4.78 is 10.5. The topological polar surface area (TPSA) is 59.9 Å². The molecule has 0 aliphatic heterocycles. The smallest absolute Gasteiger partial charge is 0.271 e. The van der Waals surface area contributed by atoms with Crippen molar-refractivity contribution in [2.24, 2.45) is 5.10 Å². The van der Waals surface area contributed by atoms with Crippen LogP contribution >= 0.6 is 0 Å². The minimum Gasteiger partial charge on any atom is -0.497 e.